The molecule has 1 aromatic rings. The van der Waals surface area contributed by atoms with Gasteiger partial charge < -0.3 is 10.6 Å². The van der Waals surface area contributed by atoms with E-state index in [0.29, 0.717) is 11.1 Å². The van der Waals surface area contributed by atoms with Crippen LogP contribution in [-0.4, -0.2) is 29.3 Å². The molecule has 0 spiro atoms. The lowest BCUT2D eigenvalue weighted by atomic mass is 10.1. The van der Waals surface area contributed by atoms with Crippen LogP contribution in [0.25, 0.3) is 0 Å². The Morgan fingerprint density at radius 2 is 1.97 bits per heavy atom. The van der Waals surface area contributed by atoms with E-state index < -0.39 is 35.1 Å². The SMILES string of the molecule is C#CC(C)(C)NC(=O)C(C)Nc1cc(N2C(=O)CC(=C(C)C)C2=O)c(F)cc1Cl. The monoisotopic (exact) mass is 419 g/mol. The number of nitrogens with one attached hydrogen (secondary N) is 2. The molecule has 0 aliphatic carbocycles. The van der Waals surface area contributed by atoms with Gasteiger partial charge in [-0.3, -0.25) is 14.4 Å². The molecule has 1 saturated heterocycles. The maximum atomic E-state index is 14.5. The summed E-state index contributed by atoms with van der Waals surface area (Å²) < 4.78 is 14.5. The molecule has 0 radical (unpaired) electrons. The number of hydrogen-bond acceptors (Lipinski definition) is 4. The van der Waals surface area contributed by atoms with Crippen LogP contribution in [0.1, 0.15) is 41.0 Å². The highest BCUT2D eigenvalue weighted by molar-refractivity contribution is 6.34. The summed E-state index contributed by atoms with van der Waals surface area (Å²) in [7, 11) is 0. The maximum Gasteiger partial charge on any atom is 0.261 e. The summed E-state index contributed by atoms with van der Waals surface area (Å²) >= 11 is 6.10. The average Bonchev–Trinajstić information content (AvgIpc) is 2.91. The van der Waals surface area contributed by atoms with Gasteiger partial charge in [-0.25, -0.2) is 9.29 Å². The van der Waals surface area contributed by atoms with Crippen molar-refractivity contribution < 1.29 is 18.8 Å². The highest BCUT2D eigenvalue weighted by Gasteiger charge is 2.37. The highest BCUT2D eigenvalue weighted by atomic mass is 35.5. The number of hydrogen-bond donors (Lipinski definition) is 2. The van der Waals surface area contributed by atoms with Gasteiger partial charge in [0.15, 0.2) is 0 Å². The molecule has 2 rings (SSSR count). The first kappa shape index (κ1) is 22.4. The number of benzene rings is 1. The van der Waals surface area contributed by atoms with Gasteiger partial charge in [-0.1, -0.05) is 23.1 Å². The Morgan fingerprint density at radius 1 is 1.34 bits per heavy atom. The van der Waals surface area contributed by atoms with Crippen molar-refractivity contribution in [1.82, 2.24) is 5.32 Å². The lowest BCUT2D eigenvalue weighted by Gasteiger charge is -2.24. The topological polar surface area (TPSA) is 78.5 Å². The summed E-state index contributed by atoms with van der Waals surface area (Å²) in [6.45, 7) is 8.35. The second kappa shape index (κ2) is 8.26. The Morgan fingerprint density at radius 3 is 2.48 bits per heavy atom. The average molecular weight is 420 g/mol. The molecule has 0 bridgehead atoms. The summed E-state index contributed by atoms with van der Waals surface area (Å²) in [5.74, 6) is 0.153. The number of carbonyl (C=O) groups is 3. The van der Waals surface area contributed by atoms with Crippen LogP contribution in [0.3, 0.4) is 0 Å². The van der Waals surface area contributed by atoms with Crippen LogP contribution in [-0.2, 0) is 14.4 Å². The Bertz CT molecular complexity index is 959. The molecule has 0 saturated carbocycles. The van der Waals surface area contributed by atoms with Crippen molar-refractivity contribution in [3.05, 3.63) is 34.1 Å². The van der Waals surface area contributed by atoms with Crippen LogP contribution in [0.4, 0.5) is 15.8 Å². The van der Waals surface area contributed by atoms with Crippen LogP contribution in [0.5, 0.6) is 0 Å². The molecular formula is C21H23ClFN3O3. The van der Waals surface area contributed by atoms with Crippen molar-refractivity contribution in [2.75, 3.05) is 10.2 Å². The number of allylic oxidation sites excluding steroid dienone is 1. The first-order valence-corrected chi connectivity index (χ1v) is 9.34. The number of amides is 3. The molecule has 1 aliphatic heterocycles. The quantitative estimate of drug-likeness (QED) is 0.435. The fourth-order valence-electron chi connectivity index (χ4n) is 2.76. The van der Waals surface area contributed by atoms with Gasteiger partial charge in [0.1, 0.15) is 11.9 Å². The number of carbonyl (C=O) groups excluding carboxylic acids is 3. The van der Waals surface area contributed by atoms with Gasteiger partial charge in [0.2, 0.25) is 11.8 Å². The van der Waals surface area contributed by atoms with Crippen molar-refractivity contribution in [2.45, 2.75) is 52.6 Å². The van der Waals surface area contributed by atoms with Gasteiger partial charge in [0.25, 0.3) is 5.91 Å². The molecule has 6 nitrogen and oxygen atoms in total. The van der Waals surface area contributed by atoms with Crippen molar-refractivity contribution in [3.63, 3.8) is 0 Å². The fraction of sp³-hybridized carbons (Fsp3) is 0.381. The third-order valence-electron chi connectivity index (χ3n) is 4.48. The molecule has 1 unspecified atom stereocenters. The Labute approximate surface area is 174 Å². The smallest absolute Gasteiger partial charge is 0.261 e. The third-order valence-corrected chi connectivity index (χ3v) is 4.79. The Kier molecular flexibility index (Phi) is 6.39. The fourth-order valence-corrected chi connectivity index (χ4v) is 2.96. The molecule has 0 aromatic heterocycles. The van der Waals surface area contributed by atoms with Crippen molar-refractivity contribution in [2.24, 2.45) is 0 Å². The van der Waals surface area contributed by atoms with Crippen LogP contribution in [0.2, 0.25) is 5.02 Å². The Hall–Kier alpha value is -2.85. The molecule has 3 amide bonds. The molecule has 2 N–H and O–H groups in total. The summed E-state index contributed by atoms with van der Waals surface area (Å²) in [6, 6.07) is 1.48. The molecule has 1 aromatic carbocycles. The second-order valence-corrected chi connectivity index (χ2v) is 8.00. The predicted octanol–water partition coefficient (Wildman–Crippen LogP) is 3.41. The minimum Gasteiger partial charge on any atom is -0.373 e. The molecule has 8 heteroatoms. The minimum atomic E-state index is -0.847. The van der Waals surface area contributed by atoms with Gasteiger partial charge in [-0.05, 0) is 46.8 Å². The molecule has 154 valence electrons. The van der Waals surface area contributed by atoms with E-state index in [1.807, 2.05) is 0 Å². The maximum absolute atomic E-state index is 14.5. The van der Waals surface area contributed by atoms with Crippen LogP contribution < -0.4 is 15.5 Å². The summed E-state index contributed by atoms with van der Waals surface area (Å²) in [5.41, 5.74) is 0.165. The van der Waals surface area contributed by atoms with Gasteiger partial charge in [-0.2, -0.15) is 0 Å². The third kappa shape index (κ3) is 4.77. The highest BCUT2D eigenvalue weighted by Crippen LogP contribution is 2.35. The van der Waals surface area contributed by atoms with Gasteiger partial charge >= 0.3 is 0 Å². The van der Waals surface area contributed by atoms with Gasteiger partial charge in [0.05, 0.1) is 28.4 Å². The summed E-state index contributed by atoms with van der Waals surface area (Å²) in [6.07, 6.45) is 5.28. The Balaban J connectivity index is 2.34. The van der Waals surface area contributed by atoms with E-state index in [4.69, 9.17) is 18.0 Å². The lowest BCUT2D eigenvalue weighted by Crippen LogP contribution is -2.48. The molecule has 1 fully saturated rings. The van der Waals surface area contributed by atoms with Crippen LogP contribution in [0.15, 0.2) is 23.3 Å². The van der Waals surface area contributed by atoms with Gasteiger partial charge in [0, 0.05) is 5.57 Å². The number of imide groups is 1. The van der Waals surface area contributed by atoms with Crippen molar-refractivity contribution in [3.8, 4) is 12.3 Å². The zero-order valence-corrected chi connectivity index (χ0v) is 17.7. The normalized spacial score (nSPS) is 15.2. The van der Waals surface area contributed by atoms with E-state index in [1.165, 1.54) is 6.07 Å². The number of halogens is 2. The molecular weight excluding hydrogens is 397 g/mol. The van der Waals surface area contributed by atoms with E-state index in [-0.39, 0.29) is 22.8 Å². The van der Waals surface area contributed by atoms with E-state index in [9.17, 15) is 18.8 Å². The van der Waals surface area contributed by atoms with Crippen LogP contribution >= 0.6 is 11.6 Å². The van der Waals surface area contributed by atoms with Gasteiger partial charge in [-0.15, -0.1) is 6.42 Å². The first-order chi connectivity index (χ1) is 13.4. The summed E-state index contributed by atoms with van der Waals surface area (Å²) in [5, 5.41) is 5.55. The van der Waals surface area contributed by atoms with E-state index >= 15 is 0 Å². The zero-order valence-electron chi connectivity index (χ0n) is 16.9. The molecule has 1 atom stereocenters. The largest absolute Gasteiger partial charge is 0.373 e. The first-order valence-electron chi connectivity index (χ1n) is 8.97. The summed E-state index contributed by atoms with van der Waals surface area (Å²) in [4.78, 5) is 38.1. The molecule has 1 aliphatic rings. The number of nitrogens with zero attached hydrogens (tertiary/aromatic N) is 1. The van der Waals surface area contributed by atoms with Crippen molar-refractivity contribution in [1.29, 1.82) is 0 Å². The minimum absolute atomic E-state index is 0.00337. The molecule has 1 heterocycles. The second-order valence-electron chi connectivity index (χ2n) is 7.60. The standard InChI is InChI=1S/C21H23ClFN3O3/c1-7-21(5,6)25-19(28)12(4)24-16-10-17(15(23)9-14(16)22)26-18(27)8-13(11(2)3)20(26)29/h1,9-10,12,24H,8H2,2-6H3,(H,25,28). The number of anilines is 2. The predicted molar refractivity (Wildman–Crippen MR) is 111 cm³/mol. The molecule has 29 heavy (non-hydrogen) atoms. The number of rotatable bonds is 5. The van der Waals surface area contributed by atoms with Crippen molar-refractivity contribution >= 4 is 40.7 Å². The van der Waals surface area contributed by atoms with Crippen LogP contribution in [0, 0.1) is 18.2 Å². The van der Waals surface area contributed by atoms with E-state index in [1.54, 1.807) is 34.6 Å². The zero-order chi connectivity index (χ0) is 22.1. The van der Waals surface area contributed by atoms with E-state index in [0.717, 1.165) is 11.0 Å². The lowest BCUT2D eigenvalue weighted by molar-refractivity contribution is -0.123. The van der Waals surface area contributed by atoms with E-state index in [2.05, 4.69) is 16.6 Å². The number of terminal acetylenes is 1.